The fourth-order valence-corrected chi connectivity index (χ4v) is 3.27. The van der Waals surface area contributed by atoms with Gasteiger partial charge in [-0.15, -0.1) is 0 Å². The zero-order valence-electron chi connectivity index (χ0n) is 13.1. The molecule has 0 saturated heterocycles. The summed E-state index contributed by atoms with van der Waals surface area (Å²) in [6.45, 7) is 5.28. The number of nitrogens with zero attached hydrogens (tertiary/aromatic N) is 4. The number of pyridine rings is 1. The Morgan fingerprint density at radius 2 is 2.04 bits per heavy atom. The summed E-state index contributed by atoms with van der Waals surface area (Å²) in [5.74, 6) is 0.585. The molecule has 7 heteroatoms. The molecule has 3 aromatic heterocycles. The summed E-state index contributed by atoms with van der Waals surface area (Å²) in [5.41, 5.74) is 9.25. The van der Waals surface area contributed by atoms with Gasteiger partial charge in [0.1, 0.15) is 5.69 Å². The molecular formula is C16H18N6S. The van der Waals surface area contributed by atoms with Gasteiger partial charge in [0.25, 0.3) is 0 Å². The van der Waals surface area contributed by atoms with Crippen molar-refractivity contribution in [3.8, 4) is 22.1 Å². The molecule has 0 fully saturated rings. The number of thiazole rings is 1. The molecule has 3 rings (SSSR count). The summed E-state index contributed by atoms with van der Waals surface area (Å²) >= 11 is 1.59. The van der Waals surface area contributed by atoms with Crippen LogP contribution in [0.4, 0.5) is 5.13 Å². The van der Waals surface area contributed by atoms with Crippen molar-refractivity contribution in [2.45, 2.75) is 20.4 Å². The highest BCUT2D eigenvalue weighted by molar-refractivity contribution is 7.19. The lowest BCUT2D eigenvalue weighted by atomic mass is 10.2. The molecule has 0 aliphatic rings. The second-order valence-electron chi connectivity index (χ2n) is 4.94. The standard InChI is InChI=1S/C16H18N6S/c1-3-18-16-21-10(2)14(23-16)12-6-8-20-15(22-12)13-11(9-17)5-4-7-19-13/h4-8H,3,9,17H2,1-2H3,(H,18,21). The molecule has 0 bridgehead atoms. The van der Waals surface area contributed by atoms with Gasteiger partial charge >= 0.3 is 0 Å². The van der Waals surface area contributed by atoms with E-state index >= 15 is 0 Å². The van der Waals surface area contributed by atoms with E-state index in [0.717, 1.165) is 39.2 Å². The van der Waals surface area contributed by atoms with Crippen molar-refractivity contribution in [1.29, 1.82) is 0 Å². The Morgan fingerprint density at radius 1 is 1.17 bits per heavy atom. The Hall–Kier alpha value is -2.38. The Balaban J connectivity index is 2.03. The lowest BCUT2D eigenvalue weighted by Crippen LogP contribution is -2.02. The predicted molar refractivity (Wildman–Crippen MR) is 93.2 cm³/mol. The van der Waals surface area contributed by atoms with Crippen molar-refractivity contribution in [1.82, 2.24) is 19.9 Å². The van der Waals surface area contributed by atoms with Gasteiger partial charge in [-0.25, -0.2) is 15.0 Å². The van der Waals surface area contributed by atoms with Gasteiger partial charge < -0.3 is 11.1 Å². The van der Waals surface area contributed by atoms with Crippen LogP contribution in [-0.2, 0) is 6.54 Å². The minimum absolute atomic E-state index is 0.404. The normalized spacial score (nSPS) is 10.7. The molecule has 0 aromatic carbocycles. The number of nitrogens with one attached hydrogen (secondary N) is 1. The Labute approximate surface area is 138 Å². The number of aryl methyl sites for hydroxylation is 1. The van der Waals surface area contributed by atoms with Crippen LogP contribution < -0.4 is 11.1 Å². The quantitative estimate of drug-likeness (QED) is 0.749. The largest absolute Gasteiger partial charge is 0.362 e. The molecule has 23 heavy (non-hydrogen) atoms. The van der Waals surface area contributed by atoms with E-state index in [9.17, 15) is 0 Å². The Morgan fingerprint density at radius 3 is 2.83 bits per heavy atom. The third kappa shape index (κ3) is 3.20. The number of aromatic nitrogens is 4. The maximum atomic E-state index is 5.79. The van der Waals surface area contributed by atoms with E-state index in [1.807, 2.05) is 25.1 Å². The molecule has 0 saturated carbocycles. The molecule has 0 aliphatic heterocycles. The molecule has 0 amide bonds. The van der Waals surface area contributed by atoms with E-state index in [1.165, 1.54) is 0 Å². The lowest BCUT2D eigenvalue weighted by Gasteiger charge is -2.06. The van der Waals surface area contributed by atoms with Gasteiger partial charge in [0.05, 0.1) is 16.3 Å². The summed E-state index contributed by atoms with van der Waals surface area (Å²) in [4.78, 5) is 19.0. The van der Waals surface area contributed by atoms with Crippen LogP contribution in [0.3, 0.4) is 0 Å². The van der Waals surface area contributed by atoms with Gasteiger partial charge in [0.15, 0.2) is 11.0 Å². The smallest absolute Gasteiger partial charge is 0.183 e. The average Bonchev–Trinajstić information content (AvgIpc) is 2.96. The number of nitrogens with two attached hydrogens (primary N) is 1. The second kappa shape index (κ2) is 6.80. The third-order valence-corrected chi connectivity index (χ3v) is 4.47. The summed E-state index contributed by atoms with van der Waals surface area (Å²) in [6, 6.07) is 5.70. The first-order chi connectivity index (χ1) is 11.2. The predicted octanol–water partition coefficient (Wildman–Crippen LogP) is 2.86. The van der Waals surface area contributed by atoms with Crippen LogP contribution in [0.15, 0.2) is 30.6 Å². The monoisotopic (exact) mass is 326 g/mol. The summed E-state index contributed by atoms with van der Waals surface area (Å²) < 4.78 is 0. The highest BCUT2D eigenvalue weighted by Crippen LogP contribution is 2.32. The van der Waals surface area contributed by atoms with Crippen molar-refractivity contribution in [2.24, 2.45) is 5.73 Å². The fourth-order valence-electron chi connectivity index (χ4n) is 2.26. The van der Waals surface area contributed by atoms with E-state index < -0.39 is 0 Å². The number of hydrogen-bond donors (Lipinski definition) is 2. The van der Waals surface area contributed by atoms with Crippen molar-refractivity contribution in [2.75, 3.05) is 11.9 Å². The lowest BCUT2D eigenvalue weighted by molar-refractivity contribution is 1.03. The number of hydrogen-bond acceptors (Lipinski definition) is 7. The Kier molecular flexibility index (Phi) is 4.59. The molecule has 0 aliphatic carbocycles. The molecule has 3 N–H and O–H groups in total. The molecule has 3 aromatic rings. The fraction of sp³-hybridized carbons (Fsp3) is 0.250. The van der Waals surface area contributed by atoms with Crippen LogP contribution in [0.1, 0.15) is 18.2 Å². The minimum atomic E-state index is 0.404. The average molecular weight is 326 g/mol. The molecule has 0 spiro atoms. The summed E-state index contributed by atoms with van der Waals surface area (Å²) in [7, 11) is 0. The van der Waals surface area contributed by atoms with Crippen LogP contribution in [0.5, 0.6) is 0 Å². The SMILES string of the molecule is CCNc1nc(C)c(-c2ccnc(-c3ncccc3CN)n2)s1. The first-order valence-electron chi connectivity index (χ1n) is 7.42. The number of anilines is 1. The molecule has 0 atom stereocenters. The van der Waals surface area contributed by atoms with Gasteiger partial charge in [0, 0.05) is 25.5 Å². The highest BCUT2D eigenvalue weighted by Gasteiger charge is 2.14. The van der Waals surface area contributed by atoms with Gasteiger partial charge in [-0.05, 0) is 31.5 Å². The van der Waals surface area contributed by atoms with Crippen LogP contribution in [0, 0.1) is 6.92 Å². The molecular weight excluding hydrogens is 308 g/mol. The second-order valence-corrected chi connectivity index (χ2v) is 5.94. The maximum Gasteiger partial charge on any atom is 0.183 e. The summed E-state index contributed by atoms with van der Waals surface area (Å²) in [5, 5.41) is 4.14. The molecule has 118 valence electrons. The molecule has 3 heterocycles. The highest BCUT2D eigenvalue weighted by atomic mass is 32.1. The third-order valence-electron chi connectivity index (χ3n) is 3.34. The first-order valence-corrected chi connectivity index (χ1v) is 8.23. The molecule has 0 unspecified atom stereocenters. The van der Waals surface area contributed by atoms with E-state index in [2.05, 4.69) is 32.2 Å². The van der Waals surface area contributed by atoms with Gasteiger partial charge in [0.2, 0.25) is 0 Å². The zero-order valence-corrected chi connectivity index (χ0v) is 13.9. The van der Waals surface area contributed by atoms with E-state index in [0.29, 0.717) is 12.4 Å². The topological polar surface area (TPSA) is 89.6 Å². The Bertz CT molecular complexity index is 814. The van der Waals surface area contributed by atoms with Crippen LogP contribution in [-0.4, -0.2) is 26.5 Å². The number of rotatable bonds is 5. The van der Waals surface area contributed by atoms with Crippen LogP contribution >= 0.6 is 11.3 Å². The van der Waals surface area contributed by atoms with E-state index in [-0.39, 0.29) is 0 Å². The minimum Gasteiger partial charge on any atom is -0.362 e. The summed E-state index contributed by atoms with van der Waals surface area (Å²) in [6.07, 6.45) is 3.48. The van der Waals surface area contributed by atoms with Crippen molar-refractivity contribution < 1.29 is 0 Å². The maximum absolute atomic E-state index is 5.79. The van der Waals surface area contributed by atoms with Crippen molar-refractivity contribution in [3.63, 3.8) is 0 Å². The molecule has 0 radical (unpaired) electrons. The van der Waals surface area contributed by atoms with Gasteiger partial charge in [-0.1, -0.05) is 17.4 Å². The van der Waals surface area contributed by atoms with Crippen molar-refractivity contribution in [3.05, 3.63) is 41.9 Å². The first kappa shape index (κ1) is 15.5. The zero-order chi connectivity index (χ0) is 16.2. The van der Waals surface area contributed by atoms with Crippen LogP contribution in [0.2, 0.25) is 0 Å². The van der Waals surface area contributed by atoms with E-state index in [4.69, 9.17) is 5.73 Å². The van der Waals surface area contributed by atoms with Crippen molar-refractivity contribution >= 4 is 16.5 Å². The van der Waals surface area contributed by atoms with Gasteiger partial charge in [-0.2, -0.15) is 0 Å². The van der Waals surface area contributed by atoms with E-state index in [1.54, 1.807) is 23.7 Å². The molecule has 6 nitrogen and oxygen atoms in total. The van der Waals surface area contributed by atoms with Crippen LogP contribution in [0.25, 0.3) is 22.1 Å². The van der Waals surface area contributed by atoms with Gasteiger partial charge in [-0.3, -0.25) is 4.98 Å².